The van der Waals surface area contributed by atoms with E-state index < -0.39 is 0 Å². The first-order valence-corrected chi connectivity index (χ1v) is 9.71. The molecule has 1 aromatic rings. The third-order valence-electron chi connectivity index (χ3n) is 5.15. The van der Waals surface area contributed by atoms with Crippen LogP contribution in [0.15, 0.2) is 17.0 Å². The van der Waals surface area contributed by atoms with Crippen LogP contribution >= 0.6 is 11.8 Å². The van der Waals surface area contributed by atoms with Gasteiger partial charge in [-0.15, -0.1) is 0 Å². The third-order valence-corrected chi connectivity index (χ3v) is 5.96. The molecule has 134 valence electrons. The highest BCUT2D eigenvalue weighted by atomic mass is 32.2. The number of hydrogen-bond acceptors (Lipinski definition) is 4. The number of fused-ring (bicyclic) bond motifs is 1. The summed E-state index contributed by atoms with van der Waals surface area (Å²) in [6.45, 7) is 12.2. The Morgan fingerprint density at radius 1 is 1.36 bits per heavy atom. The fraction of sp³-hybridized carbons (Fsp3) is 0.500. The van der Waals surface area contributed by atoms with Gasteiger partial charge in [-0.05, 0) is 86.2 Å². The van der Waals surface area contributed by atoms with Crippen LogP contribution in [0.5, 0.6) is 0 Å². The number of carbonyl (C=O) groups excluding carboxylic acids is 2. The van der Waals surface area contributed by atoms with Gasteiger partial charge in [0.15, 0.2) is 0 Å². The van der Waals surface area contributed by atoms with E-state index in [1.807, 2.05) is 6.08 Å². The monoisotopic (exact) mass is 358 g/mol. The molecule has 2 amide bonds. The topological polar surface area (TPSA) is 49.4 Å². The van der Waals surface area contributed by atoms with E-state index in [9.17, 15) is 9.59 Å². The quantitative estimate of drug-likeness (QED) is 0.787. The fourth-order valence-electron chi connectivity index (χ4n) is 4.02. The van der Waals surface area contributed by atoms with Crippen LogP contribution in [0.1, 0.15) is 63.1 Å². The van der Waals surface area contributed by atoms with Crippen molar-refractivity contribution in [2.45, 2.75) is 58.9 Å². The van der Waals surface area contributed by atoms with Gasteiger partial charge >= 0.3 is 0 Å². The number of amides is 2. The number of hydrogen-bond donors (Lipinski definition) is 1. The van der Waals surface area contributed by atoms with Crippen molar-refractivity contribution in [2.75, 3.05) is 11.4 Å². The van der Waals surface area contributed by atoms with E-state index in [-0.39, 0.29) is 16.7 Å². The van der Waals surface area contributed by atoms with Gasteiger partial charge < -0.3 is 4.90 Å². The molecule has 1 fully saturated rings. The predicted octanol–water partition coefficient (Wildman–Crippen LogP) is 4.82. The predicted molar refractivity (Wildman–Crippen MR) is 105 cm³/mol. The number of imide groups is 1. The van der Waals surface area contributed by atoms with Gasteiger partial charge in [-0.2, -0.15) is 0 Å². The minimum absolute atomic E-state index is 0.141. The van der Waals surface area contributed by atoms with Crippen molar-refractivity contribution in [1.82, 2.24) is 5.32 Å². The lowest BCUT2D eigenvalue weighted by Gasteiger charge is -2.48. The van der Waals surface area contributed by atoms with Crippen molar-refractivity contribution in [2.24, 2.45) is 0 Å². The van der Waals surface area contributed by atoms with Gasteiger partial charge in [0, 0.05) is 17.8 Å². The second-order valence-electron chi connectivity index (χ2n) is 7.69. The molecule has 1 N–H and O–H groups in total. The SMILES string of the molecule is CCCN1c2cc(C)c(/C=C3\SC(=O)NC3=O)cc2C(C)CC1(C)C. The number of carbonyl (C=O) groups is 2. The maximum atomic E-state index is 11.8. The highest BCUT2D eigenvalue weighted by Gasteiger charge is 2.36. The molecule has 2 aliphatic rings. The molecular formula is C20H26N2O2S. The van der Waals surface area contributed by atoms with Crippen molar-refractivity contribution in [3.05, 3.63) is 33.7 Å². The molecule has 4 nitrogen and oxygen atoms in total. The molecule has 0 spiro atoms. The van der Waals surface area contributed by atoms with E-state index >= 15 is 0 Å². The summed E-state index contributed by atoms with van der Waals surface area (Å²) in [5.41, 5.74) is 4.94. The summed E-state index contributed by atoms with van der Waals surface area (Å²) >= 11 is 0.975. The molecule has 25 heavy (non-hydrogen) atoms. The first-order valence-electron chi connectivity index (χ1n) is 8.90. The molecule has 3 rings (SSSR count). The Labute approximate surface area is 154 Å². The molecule has 1 saturated heterocycles. The Morgan fingerprint density at radius 3 is 2.68 bits per heavy atom. The Kier molecular flexibility index (Phi) is 4.71. The van der Waals surface area contributed by atoms with Crippen LogP contribution in [0.2, 0.25) is 0 Å². The van der Waals surface area contributed by atoms with Crippen molar-refractivity contribution >= 4 is 34.7 Å². The Balaban J connectivity index is 2.07. The first kappa shape index (κ1) is 18.1. The molecule has 0 radical (unpaired) electrons. The summed E-state index contributed by atoms with van der Waals surface area (Å²) in [7, 11) is 0. The van der Waals surface area contributed by atoms with Gasteiger partial charge in [0.25, 0.3) is 11.1 Å². The molecule has 1 atom stereocenters. The molecule has 5 heteroatoms. The Hall–Kier alpha value is -1.75. The van der Waals surface area contributed by atoms with Crippen LogP contribution in [0, 0.1) is 6.92 Å². The molecular weight excluding hydrogens is 332 g/mol. The maximum Gasteiger partial charge on any atom is 0.290 e. The molecule has 2 heterocycles. The fourth-order valence-corrected chi connectivity index (χ4v) is 4.69. The molecule has 1 unspecified atom stereocenters. The molecule has 0 saturated carbocycles. The number of benzene rings is 1. The summed E-state index contributed by atoms with van der Waals surface area (Å²) in [6.07, 6.45) is 4.06. The molecule has 0 aliphatic carbocycles. The standard InChI is InChI=1S/C20H26N2O2S/c1-6-7-22-16-8-12(2)14(10-17-18(23)21-19(24)25-17)9-15(16)13(3)11-20(22,4)5/h8-10,13H,6-7,11H2,1-5H3,(H,21,23,24)/b17-10-. The van der Waals surface area contributed by atoms with Crippen LogP contribution in [0.4, 0.5) is 10.5 Å². The number of anilines is 1. The maximum absolute atomic E-state index is 11.8. The number of thioether (sulfide) groups is 1. The summed E-state index contributed by atoms with van der Waals surface area (Å²) in [5, 5.41) is 2.03. The first-order chi connectivity index (χ1) is 11.7. The molecule has 2 aliphatic heterocycles. The van der Waals surface area contributed by atoms with Crippen LogP contribution in [0.25, 0.3) is 6.08 Å². The van der Waals surface area contributed by atoms with Gasteiger partial charge in [0.2, 0.25) is 0 Å². The van der Waals surface area contributed by atoms with Gasteiger partial charge in [0.05, 0.1) is 4.91 Å². The lowest BCUT2D eigenvalue weighted by molar-refractivity contribution is -0.115. The zero-order valence-corrected chi connectivity index (χ0v) is 16.4. The van der Waals surface area contributed by atoms with Crippen LogP contribution in [-0.4, -0.2) is 23.2 Å². The smallest absolute Gasteiger partial charge is 0.290 e. The summed E-state index contributed by atoms with van der Waals surface area (Å²) in [5.74, 6) is 0.163. The molecule has 1 aromatic carbocycles. The zero-order chi connectivity index (χ0) is 18.4. The highest BCUT2D eigenvalue weighted by molar-refractivity contribution is 8.18. The second-order valence-corrected chi connectivity index (χ2v) is 8.70. The van der Waals surface area contributed by atoms with Crippen LogP contribution < -0.4 is 10.2 Å². The average molecular weight is 359 g/mol. The van der Waals surface area contributed by atoms with E-state index in [2.05, 4.69) is 57.0 Å². The van der Waals surface area contributed by atoms with E-state index in [1.54, 1.807) is 0 Å². The van der Waals surface area contributed by atoms with Crippen molar-refractivity contribution in [1.29, 1.82) is 0 Å². The van der Waals surface area contributed by atoms with Gasteiger partial charge in [0.1, 0.15) is 0 Å². The third kappa shape index (κ3) is 3.34. The van der Waals surface area contributed by atoms with Gasteiger partial charge in [-0.25, -0.2) is 0 Å². The zero-order valence-electron chi connectivity index (χ0n) is 15.6. The normalized spacial score (nSPS) is 23.8. The summed E-state index contributed by atoms with van der Waals surface area (Å²) < 4.78 is 0. The van der Waals surface area contributed by atoms with Crippen LogP contribution in [-0.2, 0) is 4.79 Å². The number of rotatable bonds is 3. The van der Waals surface area contributed by atoms with E-state index in [1.165, 1.54) is 11.3 Å². The molecule has 0 bridgehead atoms. The number of aryl methyl sites for hydroxylation is 1. The summed E-state index contributed by atoms with van der Waals surface area (Å²) in [4.78, 5) is 26.2. The average Bonchev–Trinajstić information content (AvgIpc) is 2.82. The number of nitrogens with zero attached hydrogens (tertiary/aromatic N) is 1. The second kappa shape index (κ2) is 6.52. The van der Waals surface area contributed by atoms with Gasteiger partial charge in [-0.1, -0.05) is 13.8 Å². The van der Waals surface area contributed by atoms with Crippen LogP contribution in [0.3, 0.4) is 0 Å². The highest BCUT2D eigenvalue weighted by Crippen LogP contribution is 2.44. The van der Waals surface area contributed by atoms with E-state index in [0.29, 0.717) is 10.8 Å². The lowest BCUT2D eigenvalue weighted by Crippen LogP contribution is -2.48. The van der Waals surface area contributed by atoms with E-state index in [0.717, 1.165) is 42.3 Å². The minimum Gasteiger partial charge on any atom is -0.366 e. The van der Waals surface area contributed by atoms with Crippen molar-refractivity contribution in [3.8, 4) is 0 Å². The van der Waals surface area contributed by atoms with Crippen molar-refractivity contribution < 1.29 is 9.59 Å². The van der Waals surface area contributed by atoms with Gasteiger partial charge in [-0.3, -0.25) is 14.9 Å². The largest absolute Gasteiger partial charge is 0.366 e. The minimum atomic E-state index is -0.297. The number of nitrogens with one attached hydrogen (secondary N) is 1. The lowest BCUT2D eigenvalue weighted by atomic mass is 9.79. The molecule has 0 aromatic heterocycles. The summed E-state index contributed by atoms with van der Waals surface area (Å²) in [6, 6.07) is 4.45. The van der Waals surface area contributed by atoms with Crippen molar-refractivity contribution in [3.63, 3.8) is 0 Å². The Bertz CT molecular complexity index is 767. The Morgan fingerprint density at radius 2 is 2.08 bits per heavy atom. The van der Waals surface area contributed by atoms with E-state index in [4.69, 9.17) is 0 Å².